The van der Waals surface area contributed by atoms with E-state index >= 15 is 0 Å². The zero-order valence-corrected chi connectivity index (χ0v) is 12.8. The molecular weight excluding hydrogens is 290 g/mol. The first-order valence-corrected chi connectivity index (χ1v) is 8.26. The first-order valence-electron chi connectivity index (χ1n) is 6.70. The van der Waals surface area contributed by atoms with E-state index in [0.29, 0.717) is 4.77 Å². The summed E-state index contributed by atoms with van der Waals surface area (Å²) in [5.74, 6) is 3.35. The van der Waals surface area contributed by atoms with Crippen molar-refractivity contribution in [3.05, 3.63) is 29.3 Å². The van der Waals surface area contributed by atoms with Crippen molar-refractivity contribution < 1.29 is 0 Å². The summed E-state index contributed by atoms with van der Waals surface area (Å²) in [4.78, 5) is 6.53. The number of hydrogen-bond acceptors (Lipinski definition) is 5. The molecule has 0 aliphatic carbocycles. The third-order valence-corrected chi connectivity index (χ3v) is 4.69. The lowest BCUT2D eigenvalue weighted by atomic mass is 10.2. The minimum absolute atomic E-state index is 0.684. The van der Waals surface area contributed by atoms with Gasteiger partial charge >= 0.3 is 0 Å². The second-order valence-electron chi connectivity index (χ2n) is 4.69. The Labute approximate surface area is 127 Å². The van der Waals surface area contributed by atoms with Gasteiger partial charge in [-0.1, -0.05) is 0 Å². The number of nitrogens with one attached hydrogen (secondary N) is 1. The Morgan fingerprint density at radius 1 is 1.20 bits per heavy atom. The van der Waals surface area contributed by atoms with Crippen LogP contribution in [0.3, 0.4) is 0 Å². The van der Waals surface area contributed by atoms with Gasteiger partial charge in [-0.15, -0.1) is 0 Å². The molecule has 0 unspecified atom stereocenters. The number of nitrogens with zero attached hydrogens (tertiary/aromatic N) is 4. The maximum Gasteiger partial charge on any atom is 0.195 e. The molecule has 5 nitrogen and oxygen atoms in total. The highest BCUT2D eigenvalue weighted by atomic mass is 32.2. The van der Waals surface area contributed by atoms with Gasteiger partial charge in [0.1, 0.15) is 0 Å². The Morgan fingerprint density at radius 2 is 1.95 bits per heavy atom. The predicted octanol–water partition coefficient (Wildman–Crippen LogP) is 2.05. The Bertz CT molecular complexity index is 601. The predicted molar refractivity (Wildman–Crippen MR) is 84.4 cm³/mol. The largest absolute Gasteiger partial charge is 0.300 e. The molecule has 1 fully saturated rings. The average molecular weight is 307 g/mol. The number of rotatable bonds is 4. The third kappa shape index (κ3) is 3.11. The van der Waals surface area contributed by atoms with Gasteiger partial charge in [0.25, 0.3) is 0 Å². The molecule has 20 heavy (non-hydrogen) atoms. The fourth-order valence-corrected chi connectivity index (χ4v) is 3.51. The fraction of sp³-hybridized carbons (Fsp3) is 0.462. The molecule has 0 radical (unpaired) electrons. The highest BCUT2D eigenvalue weighted by molar-refractivity contribution is 7.99. The van der Waals surface area contributed by atoms with Crippen molar-refractivity contribution in [1.29, 1.82) is 0 Å². The van der Waals surface area contributed by atoms with Crippen molar-refractivity contribution in [2.75, 3.05) is 31.1 Å². The standard InChI is InChI=1S/C13H17N5S2/c19-13-16-15-12(11-1-3-14-4-2-11)18(13)6-5-17-7-9-20-10-8-17/h1-4H,5-10H2,(H,16,19). The zero-order valence-electron chi connectivity index (χ0n) is 11.2. The van der Waals surface area contributed by atoms with Crippen molar-refractivity contribution in [2.24, 2.45) is 0 Å². The van der Waals surface area contributed by atoms with Gasteiger partial charge in [0.15, 0.2) is 10.6 Å². The maximum atomic E-state index is 5.35. The molecule has 7 heteroatoms. The van der Waals surface area contributed by atoms with Crippen LogP contribution >= 0.6 is 24.0 Å². The van der Waals surface area contributed by atoms with Crippen molar-refractivity contribution in [2.45, 2.75) is 6.54 Å². The van der Waals surface area contributed by atoms with E-state index < -0.39 is 0 Å². The first kappa shape index (κ1) is 13.8. The average Bonchev–Trinajstić information content (AvgIpc) is 2.88. The van der Waals surface area contributed by atoms with Crippen LogP contribution in [0.2, 0.25) is 0 Å². The number of H-pyrrole nitrogens is 1. The van der Waals surface area contributed by atoms with Crippen LogP contribution in [-0.2, 0) is 6.54 Å². The molecular formula is C13H17N5S2. The lowest BCUT2D eigenvalue weighted by Gasteiger charge is -2.26. The number of hydrogen-bond donors (Lipinski definition) is 1. The Kier molecular flexibility index (Phi) is 4.49. The van der Waals surface area contributed by atoms with Gasteiger partial charge in [-0.25, -0.2) is 0 Å². The van der Waals surface area contributed by atoms with E-state index in [4.69, 9.17) is 12.2 Å². The summed E-state index contributed by atoms with van der Waals surface area (Å²) >= 11 is 7.38. The van der Waals surface area contributed by atoms with Gasteiger partial charge in [-0.05, 0) is 24.4 Å². The van der Waals surface area contributed by atoms with E-state index in [0.717, 1.165) is 24.5 Å². The van der Waals surface area contributed by atoms with E-state index in [1.54, 1.807) is 12.4 Å². The van der Waals surface area contributed by atoms with Gasteiger partial charge in [0.05, 0.1) is 0 Å². The molecule has 0 saturated carbocycles. The highest BCUT2D eigenvalue weighted by Gasteiger charge is 2.13. The van der Waals surface area contributed by atoms with Gasteiger partial charge in [0.2, 0.25) is 0 Å². The Hall–Kier alpha value is -1.18. The van der Waals surface area contributed by atoms with Crippen LogP contribution < -0.4 is 0 Å². The number of pyridine rings is 1. The molecule has 0 aromatic carbocycles. The van der Waals surface area contributed by atoms with Crippen LogP contribution in [0.25, 0.3) is 11.4 Å². The summed E-state index contributed by atoms with van der Waals surface area (Å²) < 4.78 is 2.76. The topological polar surface area (TPSA) is 49.7 Å². The lowest BCUT2D eigenvalue weighted by molar-refractivity contribution is 0.289. The Morgan fingerprint density at radius 3 is 2.70 bits per heavy atom. The van der Waals surface area contributed by atoms with Crippen LogP contribution in [0.5, 0.6) is 0 Å². The second-order valence-corrected chi connectivity index (χ2v) is 6.31. The van der Waals surface area contributed by atoms with E-state index in [-0.39, 0.29) is 0 Å². The molecule has 1 aliphatic heterocycles. The monoisotopic (exact) mass is 307 g/mol. The minimum atomic E-state index is 0.684. The number of thioether (sulfide) groups is 1. The summed E-state index contributed by atoms with van der Waals surface area (Å²) in [6.45, 7) is 4.23. The molecule has 106 valence electrons. The van der Waals surface area contributed by atoms with Crippen LogP contribution in [0.15, 0.2) is 24.5 Å². The van der Waals surface area contributed by atoms with E-state index in [9.17, 15) is 0 Å². The van der Waals surface area contributed by atoms with E-state index in [1.165, 1.54) is 24.6 Å². The quantitative estimate of drug-likeness (QED) is 0.876. The van der Waals surface area contributed by atoms with E-state index in [1.807, 2.05) is 23.9 Å². The summed E-state index contributed by atoms with van der Waals surface area (Å²) in [6, 6.07) is 3.91. The molecule has 0 atom stereocenters. The number of aromatic nitrogens is 4. The van der Waals surface area contributed by atoms with Crippen molar-refractivity contribution in [1.82, 2.24) is 24.6 Å². The van der Waals surface area contributed by atoms with Crippen molar-refractivity contribution in [3.8, 4) is 11.4 Å². The molecule has 0 spiro atoms. The third-order valence-electron chi connectivity index (χ3n) is 3.44. The zero-order chi connectivity index (χ0) is 13.8. The molecule has 0 bridgehead atoms. The summed E-state index contributed by atoms with van der Waals surface area (Å²) in [5, 5.41) is 7.24. The molecule has 3 rings (SSSR count). The molecule has 3 heterocycles. The summed E-state index contributed by atoms with van der Waals surface area (Å²) in [5.41, 5.74) is 1.04. The maximum absolute atomic E-state index is 5.35. The molecule has 1 saturated heterocycles. The smallest absolute Gasteiger partial charge is 0.195 e. The minimum Gasteiger partial charge on any atom is -0.300 e. The SMILES string of the molecule is S=c1[nH]nc(-c2ccncc2)n1CCN1CCSCC1. The van der Waals surface area contributed by atoms with Crippen LogP contribution in [-0.4, -0.2) is 55.8 Å². The normalized spacial score (nSPS) is 16.4. The van der Waals surface area contributed by atoms with Crippen molar-refractivity contribution in [3.63, 3.8) is 0 Å². The summed E-state index contributed by atoms with van der Waals surface area (Å²) in [7, 11) is 0. The van der Waals surface area contributed by atoms with Crippen LogP contribution in [0.4, 0.5) is 0 Å². The second kappa shape index (κ2) is 6.51. The lowest BCUT2D eigenvalue weighted by Crippen LogP contribution is -2.35. The van der Waals surface area contributed by atoms with Gasteiger partial charge in [-0.2, -0.15) is 16.9 Å². The van der Waals surface area contributed by atoms with E-state index in [2.05, 4.69) is 24.6 Å². The van der Waals surface area contributed by atoms with Gasteiger partial charge < -0.3 is 0 Å². The first-order chi connectivity index (χ1) is 9.84. The van der Waals surface area contributed by atoms with Gasteiger partial charge in [0, 0.05) is 55.6 Å². The summed E-state index contributed by atoms with van der Waals surface area (Å²) in [6.07, 6.45) is 3.55. The van der Waals surface area contributed by atoms with Crippen LogP contribution in [0, 0.1) is 4.77 Å². The van der Waals surface area contributed by atoms with Gasteiger partial charge in [-0.3, -0.25) is 19.5 Å². The fourth-order valence-electron chi connectivity index (χ4n) is 2.31. The molecule has 2 aromatic heterocycles. The molecule has 1 N–H and O–H groups in total. The molecule has 0 amide bonds. The molecule has 1 aliphatic rings. The highest BCUT2D eigenvalue weighted by Crippen LogP contribution is 2.16. The molecule has 2 aromatic rings. The Balaban J connectivity index is 1.76. The van der Waals surface area contributed by atoms with Crippen molar-refractivity contribution >= 4 is 24.0 Å². The number of aromatic amines is 1. The van der Waals surface area contributed by atoms with Crippen LogP contribution in [0.1, 0.15) is 0 Å².